The molecular formula is C15H20N6. The number of rotatable bonds is 5. The Morgan fingerprint density at radius 2 is 2.05 bits per heavy atom. The largest absolute Gasteiger partial charge is 0.364 e. The molecule has 21 heavy (non-hydrogen) atoms. The first-order chi connectivity index (χ1) is 10.4. The van der Waals surface area contributed by atoms with Crippen LogP contribution >= 0.6 is 0 Å². The zero-order valence-electron chi connectivity index (χ0n) is 12.0. The molecular weight excluding hydrogens is 264 g/mol. The summed E-state index contributed by atoms with van der Waals surface area (Å²) in [4.78, 5) is 8.56. The third-order valence-corrected chi connectivity index (χ3v) is 3.69. The average molecular weight is 284 g/mol. The van der Waals surface area contributed by atoms with Crippen LogP contribution in [-0.2, 0) is 6.54 Å². The van der Waals surface area contributed by atoms with Gasteiger partial charge in [-0.2, -0.15) is 10.1 Å². The lowest BCUT2D eigenvalue weighted by molar-refractivity contribution is 0.460. The van der Waals surface area contributed by atoms with Crippen LogP contribution in [0.4, 0.5) is 11.8 Å². The van der Waals surface area contributed by atoms with Crippen LogP contribution in [0.3, 0.4) is 0 Å². The lowest BCUT2D eigenvalue weighted by atomic mass is 9.96. The maximum Gasteiger partial charge on any atom is 0.244 e. The van der Waals surface area contributed by atoms with E-state index in [4.69, 9.17) is 0 Å². The molecule has 0 spiro atoms. The highest BCUT2D eigenvalue weighted by atomic mass is 15.3. The van der Waals surface area contributed by atoms with Gasteiger partial charge in [0.25, 0.3) is 0 Å². The predicted octanol–water partition coefficient (Wildman–Crippen LogP) is 2.62. The summed E-state index contributed by atoms with van der Waals surface area (Å²) in [5, 5.41) is 14.7. The number of anilines is 2. The van der Waals surface area contributed by atoms with Gasteiger partial charge in [-0.1, -0.05) is 25.3 Å². The predicted molar refractivity (Wildman–Crippen MR) is 81.9 cm³/mol. The van der Waals surface area contributed by atoms with Gasteiger partial charge in [0, 0.05) is 25.0 Å². The van der Waals surface area contributed by atoms with E-state index in [-0.39, 0.29) is 0 Å². The van der Waals surface area contributed by atoms with Crippen LogP contribution in [0.15, 0.2) is 30.7 Å². The van der Waals surface area contributed by atoms with Crippen molar-refractivity contribution >= 4 is 11.8 Å². The first kappa shape index (κ1) is 13.7. The Hall–Kier alpha value is -2.24. The van der Waals surface area contributed by atoms with Gasteiger partial charge in [-0.25, -0.2) is 0 Å². The number of aromatic nitrogens is 4. The summed E-state index contributed by atoms with van der Waals surface area (Å²) in [5.41, 5.74) is 1.11. The molecule has 0 aliphatic heterocycles. The van der Waals surface area contributed by atoms with Gasteiger partial charge in [0.05, 0.1) is 6.20 Å². The summed E-state index contributed by atoms with van der Waals surface area (Å²) >= 11 is 0. The molecule has 3 rings (SSSR count). The van der Waals surface area contributed by atoms with E-state index in [2.05, 4.69) is 30.8 Å². The van der Waals surface area contributed by atoms with Crippen molar-refractivity contribution in [3.05, 3.63) is 36.3 Å². The summed E-state index contributed by atoms with van der Waals surface area (Å²) in [7, 11) is 0. The topological polar surface area (TPSA) is 75.6 Å². The van der Waals surface area contributed by atoms with Crippen molar-refractivity contribution in [1.82, 2.24) is 20.2 Å². The highest BCUT2D eigenvalue weighted by Crippen LogP contribution is 2.20. The number of hydrogen-bond acceptors (Lipinski definition) is 6. The Kier molecular flexibility index (Phi) is 4.55. The minimum atomic E-state index is 0.481. The molecule has 1 fully saturated rings. The fourth-order valence-electron chi connectivity index (χ4n) is 2.57. The van der Waals surface area contributed by atoms with Crippen molar-refractivity contribution in [3.8, 4) is 0 Å². The highest BCUT2D eigenvalue weighted by Gasteiger charge is 2.14. The molecule has 110 valence electrons. The second-order valence-electron chi connectivity index (χ2n) is 5.36. The normalized spacial score (nSPS) is 15.6. The minimum absolute atomic E-state index is 0.481. The Morgan fingerprint density at radius 3 is 2.86 bits per heavy atom. The Balaban J connectivity index is 1.57. The number of pyridine rings is 1. The number of hydrogen-bond donors (Lipinski definition) is 2. The standard InChI is InChI=1S/C15H20N6/c1-2-6-13(7-3-1)19-15-20-14(11-18-21-15)17-10-12-5-4-8-16-9-12/h4-5,8-9,11,13H,1-3,6-7,10H2,(H2,17,19,20,21). The number of nitrogens with zero attached hydrogens (tertiary/aromatic N) is 4. The highest BCUT2D eigenvalue weighted by molar-refractivity contribution is 5.38. The monoisotopic (exact) mass is 284 g/mol. The molecule has 2 heterocycles. The van der Waals surface area contributed by atoms with Crippen LogP contribution in [0.5, 0.6) is 0 Å². The number of nitrogens with one attached hydrogen (secondary N) is 2. The Morgan fingerprint density at radius 1 is 1.14 bits per heavy atom. The van der Waals surface area contributed by atoms with E-state index in [1.165, 1.54) is 32.1 Å². The lowest BCUT2D eigenvalue weighted by Crippen LogP contribution is -2.23. The van der Waals surface area contributed by atoms with Crippen molar-refractivity contribution in [2.24, 2.45) is 0 Å². The summed E-state index contributed by atoms with van der Waals surface area (Å²) < 4.78 is 0. The van der Waals surface area contributed by atoms with Crippen molar-refractivity contribution in [1.29, 1.82) is 0 Å². The fraction of sp³-hybridized carbons (Fsp3) is 0.467. The molecule has 1 aliphatic rings. The minimum Gasteiger partial charge on any atom is -0.364 e. The molecule has 0 radical (unpaired) electrons. The van der Waals surface area contributed by atoms with Gasteiger partial charge >= 0.3 is 0 Å². The molecule has 0 saturated heterocycles. The molecule has 2 N–H and O–H groups in total. The van der Waals surface area contributed by atoms with Gasteiger partial charge in [0.15, 0.2) is 5.82 Å². The SMILES string of the molecule is c1cncc(CNc2cnnc(NC3CCCCC3)n2)c1. The van der Waals surface area contributed by atoms with Crippen LogP contribution in [-0.4, -0.2) is 26.2 Å². The van der Waals surface area contributed by atoms with Crippen LogP contribution in [0.25, 0.3) is 0 Å². The molecule has 0 unspecified atom stereocenters. The van der Waals surface area contributed by atoms with Gasteiger partial charge in [0.2, 0.25) is 5.95 Å². The second-order valence-corrected chi connectivity index (χ2v) is 5.36. The molecule has 0 aromatic carbocycles. The first-order valence-electron chi connectivity index (χ1n) is 7.49. The van der Waals surface area contributed by atoms with Gasteiger partial charge in [-0.3, -0.25) is 4.98 Å². The van der Waals surface area contributed by atoms with E-state index in [1.807, 2.05) is 18.3 Å². The zero-order chi connectivity index (χ0) is 14.3. The van der Waals surface area contributed by atoms with Gasteiger partial charge in [-0.05, 0) is 24.5 Å². The van der Waals surface area contributed by atoms with E-state index < -0.39 is 0 Å². The molecule has 1 aliphatic carbocycles. The van der Waals surface area contributed by atoms with Crippen molar-refractivity contribution < 1.29 is 0 Å². The van der Waals surface area contributed by atoms with Crippen LogP contribution in [0, 0.1) is 0 Å². The van der Waals surface area contributed by atoms with E-state index in [0.29, 0.717) is 18.5 Å². The summed E-state index contributed by atoms with van der Waals surface area (Å²) in [6.45, 7) is 0.676. The van der Waals surface area contributed by atoms with Crippen LogP contribution in [0.1, 0.15) is 37.7 Å². The molecule has 0 bridgehead atoms. The maximum absolute atomic E-state index is 4.47. The average Bonchev–Trinajstić information content (AvgIpc) is 2.55. The van der Waals surface area contributed by atoms with Crippen molar-refractivity contribution in [2.45, 2.75) is 44.7 Å². The first-order valence-corrected chi connectivity index (χ1v) is 7.49. The van der Waals surface area contributed by atoms with Gasteiger partial charge in [0.1, 0.15) is 0 Å². The molecule has 2 aromatic rings. The molecule has 6 nitrogen and oxygen atoms in total. The smallest absolute Gasteiger partial charge is 0.244 e. The van der Waals surface area contributed by atoms with E-state index >= 15 is 0 Å². The molecule has 6 heteroatoms. The Bertz CT molecular complexity index is 553. The second kappa shape index (κ2) is 6.97. The molecule has 0 atom stereocenters. The fourth-order valence-corrected chi connectivity index (χ4v) is 2.57. The quantitative estimate of drug-likeness (QED) is 0.879. The zero-order valence-corrected chi connectivity index (χ0v) is 12.0. The maximum atomic E-state index is 4.47. The molecule has 1 saturated carbocycles. The third-order valence-electron chi connectivity index (χ3n) is 3.69. The summed E-state index contributed by atoms with van der Waals surface area (Å²) in [6.07, 6.45) is 11.5. The van der Waals surface area contributed by atoms with E-state index in [0.717, 1.165) is 11.4 Å². The van der Waals surface area contributed by atoms with E-state index in [9.17, 15) is 0 Å². The van der Waals surface area contributed by atoms with Gasteiger partial charge < -0.3 is 10.6 Å². The third kappa shape index (κ3) is 4.11. The van der Waals surface area contributed by atoms with Gasteiger partial charge in [-0.15, -0.1) is 5.10 Å². The van der Waals surface area contributed by atoms with Crippen molar-refractivity contribution in [2.75, 3.05) is 10.6 Å². The molecule has 0 amide bonds. The molecule has 2 aromatic heterocycles. The summed E-state index contributed by atoms with van der Waals surface area (Å²) in [5.74, 6) is 1.34. The summed E-state index contributed by atoms with van der Waals surface area (Å²) in [6, 6.07) is 4.43. The van der Waals surface area contributed by atoms with Crippen LogP contribution < -0.4 is 10.6 Å². The van der Waals surface area contributed by atoms with Crippen LogP contribution in [0.2, 0.25) is 0 Å². The lowest BCUT2D eigenvalue weighted by Gasteiger charge is -2.22. The Labute approximate surface area is 124 Å². The van der Waals surface area contributed by atoms with E-state index in [1.54, 1.807) is 12.4 Å². The van der Waals surface area contributed by atoms with Crippen molar-refractivity contribution in [3.63, 3.8) is 0 Å².